The highest BCUT2D eigenvalue weighted by atomic mass is 16.6. The van der Waals surface area contributed by atoms with E-state index in [0.717, 1.165) is 46.6 Å². The van der Waals surface area contributed by atoms with Crippen LogP contribution in [0.3, 0.4) is 0 Å². The number of carbonyl (C=O) groups excluding carboxylic acids is 1. The van der Waals surface area contributed by atoms with Crippen LogP contribution in [0.15, 0.2) is 43.0 Å². The smallest absolute Gasteiger partial charge is 0.309 e. The van der Waals surface area contributed by atoms with E-state index in [1.54, 1.807) is 6.08 Å². The number of rotatable bonds is 7. The fourth-order valence-electron chi connectivity index (χ4n) is 3.74. The molecule has 0 spiro atoms. The van der Waals surface area contributed by atoms with Crippen LogP contribution in [0.1, 0.15) is 47.6 Å². The van der Waals surface area contributed by atoms with Crippen molar-refractivity contribution in [2.24, 2.45) is 0 Å². The number of hydrogen-bond acceptors (Lipinski definition) is 4. The van der Waals surface area contributed by atoms with Crippen LogP contribution >= 0.6 is 0 Å². The molecule has 1 unspecified atom stereocenters. The third-order valence-corrected chi connectivity index (χ3v) is 5.64. The Kier molecular flexibility index (Phi) is 6.31. The van der Waals surface area contributed by atoms with Gasteiger partial charge in [-0.05, 0) is 62.8 Å². The second kappa shape index (κ2) is 8.73. The molecule has 0 fully saturated rings. The van der Waals surface area contributed by atoms with E-state index in [2.05, 4.69) is 39.5 Å². The van der Waals surface area contributed by atoms with Gasteiger partial charge in [0.05, 0.1) is 6.42 Å². The molecular weight excluding hydrogens is 364 g/mol. The molecule has 1 atom stereocenters. The summed E-state index contributed by atoms with van der Waals surface area (Å²) in [6, 6.07) is 10.2. The van der Waals surface area contributed by atoms with E-state index in [-0.39, 0.29) is 19.0 Å². The average molecular weight is 395 g/mol. The van der Waals surface area contributed by atoms with E-state index in [1.165, 1.54) is 5.56 Å². The molecule has 1 heterocycles. The molecule has 0 aromatic heterocycles. The highest BCUT2D eigenvalue weighted by Crippen LogP contribution is 2.44. The van der Waals surface area contributed by atoms with Crippen molar-refractivity contribution in [3.63, 3.8) is 0 Å². The standard InChI is InChI=1S/C25H30O4/c1-6-10-22(26)28-16-25(5)14-13-21-19(4)23(17(2)18(3)24(21)29-25)27-15-20-11-8-7-9-12-20/h6-9,11-12H,1,10,13-16H2,2-5H3. The van der Waals surface area contributed by atoms with E-state index in [9.17, 15) is 4.79 Å². The number of fused-ring (bicyclic) bond motifs is 1. The lowest BCUT2D eigenvalue weighted by Crippen LogP contribution is -2.42. The molecule has 0 saturated heterocycles. The Labute approximate surface area is 173 Å². The molecule has 2 aromatic rings. The van der Waals surface area contributed by atoms with Gasteiger partial charge in [-0.2, -0.15) is 0 Å². The van der Waals surface area contributed by atoms with Gasteiger partial charge in [-0.15, -0.1) is 6.58 Å². The van der Waals surface area contributed by atoms with Crippen LogP contribution in [0.25, 0.3) is 0 Å². The molecule has 0 N–H and O–H groups in total. The Bertz CT molecular complexity index is 901. The zero-order valence-corrected chi connectivity index (χ0v) is 17.8. The molecular formula is C25H30O4. The van der Waals surface area contributed by atoms with Gasteiger partial charge in [0, 0.05) is 5.56 Å². The van der Waals surface area contributed by atoms with Crippen LogP contribution in [-0.2, 0) is 22.6 Å². The summed E-state index contributed by atoms with van der Waals surface area (Å²) in [6.07, 6.45) is 3.41. The van der Waals surface area contributed by atoms with Crippen LogP contribution in [0.2, 0.25) is 0 Å². The summed E-state index contributed by atoms with van der Waals surface area (Å²) in [5.74, 6) is 1.57. The molecule has 0 radical (unpaired) electrons. The molecule has 4 nitrogen and oxygen atoms in total. The molecule has 0 bridgehead atoms. The lowest BCUT2D eigenvalue weighted by molar-refractivity contribution is -0.149. The summed E-state index contributed by atoms with van der Waals surface area (Å²) < 4.78 is 18.0. The fraction of sp³-hybridized carbons (Fsp3) is 0.400. The molecule has 1 aliphatic heterocycles. The summed E-state index contributed by atoms with van der Waals surface area (Å²) in [7, 11) is 0. The zero-order valence-electron chi connectivity index (χ0n) is 17.8. The highest BCUT2D eigenvalue weighted by molar-refractivity contribution is 5.71. The highest BCUT2D eigenvalue weighted by Gasteiger charge is 2.36. The van der Waals surface area contributed by atoms with Crippen molar-refractivity contribution >= 4 is 5.97 Å². The van der Waals surface area contributed by atoms with Crippen LogP contribution in [0.5, 0.6) is 11.5 Å². The van der Waals surface area contributed by atoms with E-state index in [4.69, 9.17) is 14.2 Å². The van der Waals surface area contributed by atoms with Gasteiger partial charge in [0.15, 0.2) is 0 Å². The molecule has 3 rings (SSSR count). The normalized spacial score (nSPS) is 17.8. The molecule has 0 aliphatic carbocycles. The van der Waals surface area contributed by atoms with Crippen molar-refractivity contribution in [1.82, 2.24) is 0 Å². The summed E-state index contributed by atoms with van der Waals surface area (Å²) in [4.78, 5) is 11.7. The average Bonchev–Trinajstić information content (AvgIpc) is 2.72. The molecule has 0 amide bonds. The van der Waals surface area contributed by atoms with Crippen LogP contribution in [0, 0.1) is 20.8 Å². The van der Waals surface area contributed by atoms with Crippen molar-refractivity contribution in [3.05, 3.63) is 70.8 Å². The number of hydrogen-bond donors (Lipinski definition) is 0. The Morgan fingerprint density at radius 1 is 1.17 bits per heavy atom. The van der Waals surface area contributed by atoms with Crippen molar-refractivity contribution in [2.75, 3.05) is 6.61 Å². The van der Waals surface area contributed by atoms with Gasteiger partial charge in [-0.25, -0.2) is 0 Å². The largest absolute Gasteiger partial charge is 0.488 e. The first-order chi connectivity index (χ1) is 13.8. The Hall–Kier alpha value is -2.75. The van der Waals surface area contributed by atoms with Gasteiger partial charge in [0.1, 0.15) is 30.3 Å². The van der Waals surface area contributed by atoms with Gasteiger partial charge < -0.3 is 14.2 Å². The number of carbonyl (C=O) groups is 1. The first-order valence-electron chi connectivity index (χ1n) is 10.1. The molecule has 154 valence electrons. The minimum Gasteiger partial charge on any atom is -0.488 e. The summed E-state index contributed by atoms with van der Waals surface area (Å²) in [5.41, 5.74) is 5.10. The quantitative estimate of drug-likeness (QED) is 0.466. The van der Waals surface area contributed by atoms with E-state index >= 15 is 0 Å². The van der Waals surface area contributed by atoms with Crippen LogP contribution in [-0.4, -0.2) is 18.2 Å². The van der Waals surface area contributed by atoms with Gasteiger partial charge in [-0.1, -0.05) is 36.4 Å². The minimum absolute atomic E-state index is 0.214. The van der Waals surface area contributed by atoms with Gasteiger partial charge >= 0.3 is 5.97 Å². The molecule has 29 heavy (non-hydrogen) atoms. The van der Waals surface area contributed by atoms with Gasteiger partial charge in [0.25, 0.3) is 0 Å². The second-order valence-electron chi connectivity index (χ2n) is 7.99. The summed E-state index contributed by atoms with van der Waals surface area (Å²) in [5, 5.41) is 0. The third kappa shape index (κ3) is 4.64. The lowest BCUT2D eigenvalue weighted by Gasteiger charge is -2.37. The zero-order chi connectivity index (χ0) is 21.0. The van der Waals surface area contributed by atoms with Gasteiger partial charge in [0.2, 0.25) is 0 Å². The van der Waals surface area contributed by atoms with Crippen molar-refractivity contribution in [1.29, 1.82) is 0 Å². The SMILES string of the molecule is C=CCC(=O)OCC1(C)CCc2c(C)c(OCc3ccccc3)c(C)c(C)c2O1. The second-order valence-corrected chi connectivity index (χ2v) is 7.99. The van der Waals surface area contributed by atoms with E-state index in [0.29, 0.717) is 6.61 Å². The fourth-order valence-corrected chi connectivity index (χ4v) is 3.74. The number of ether oxygens (including phenoxy) is 3. The topological polar surface area (TPSA) is 44.8 Å². The van der Waals surface area contributed by atoms with E-state index in [1.807, 2.05) is 25.1 Å². The monoisotopic (exact) mass is 394 g/mol. The maximum atomic E-state index is 11.7. The first-order valence-corrected chi connectivity index (χ1v) is 10.1. The summed E-state index contributed by atoms with van der Waals surface area (Å²) >= 11 is 0. The van der Waals surface area contributed by atoms with Crippen molar-refractivity contribution in [2.45, 2.75) is 59.2 Å². The van der Waals surface area contributed by atoms with Crippen LogP contribution < -0.4 is 9.47 Å². The molecule has 1 aliphatic rings. The third-order valence-electron chi connectivity index (χ3n) is 5.64. The van der Waals surface area contributed by atoms with Crippen molar-refractivity contribution < 1.29 is 19.0 Å². The maximum Gasteiger partial charge on any atom is 0.309 e. The first kappa shape index (κ1) is 21.0. The molecule has 4 heteroatoms. The molecule has 2 aromatic carbocycles. The van der Waals surface area contributed by atoms with Gasteiger partial charge in [-0.3, -0.25) is 4.79 Å². The Morgan fingerprint density at radius 2 is 1.90 bits per heavy atom. The molecule has 0 saturated carbocycles. The maximum absolute atomic E-state index is 11.7. The number of benzene rings is 2. The predicted molar refractivity (Wildman–Crippen MR) is 115 cm³/mol. The van der Waals surface area contributed by atoms with E-state index < -0.39 is 5.60 Å². The lowest BCUT2D eigenvalue weighted by atomic mass is 9.87. The predicted octanol–water partition coefficient (Wildman–Crippen LogP) is 5.39. The number of esters is 1. The minimum atomic E-state index is -0.528. The Morgan fingerprint density at radius 3 is 2.59 bits per heavy atom. The van der Waals surface area contributed by atoms with Crippen molar-refractivity contribution in [3.8, 4) is 11.5 Å². The Balaban J connectivity index is 1.81. The summed E-state index contributed by atoms with van der Waals surface area (Å²) in [6.45, 7) is 12.6. The van der Waals surface area contributed by atoms with Crippen LogP contribution in [0.4, 0.5) is 0 Å².